The van der Waals surface area contributed by atoms with Gasteiger partial charge in [0.1, 0.15) is 0 Å². The summed E-state index contributed by atoms with van der Waals surface area (Å²) >= 11 is 0. The second kappa shape index (κ2) is 10.0. The van der Waals surface area contributed by atoms with E-state index in [1.54, 1.807) is 0 Å². The average molecular weight is 234 g/mol. The summed E-state index contributed by atoms with van der Waals surface area (Å²) in [4.78, 5) is 9.87. The molecule has 4 nitrogen and oxygen atoms in total. The van der Waals surface area contributed by atoms with E-state index in [-0.39, 0.29) is 0 Å². The zero-order valence-electron chi connectivity index (χ0n) is 11.1. The Hall–Kier alpha value is -0.160. The number of hydrogen-bond acceptors (Lipinski definition) is 4. The SMILES string of the molecule is CCCCCCC(OCC)(OCC)OOC. The molecule has 0 saturated heterocycles. The van der Waals surface area contributed by atoms with Crippen LogP contribution in [0.1, 0.15) is 52.9 Å². The minimum atomic E-state index is -1.02. The van der Waals surface area contributed by atoms with E-state index in [0.717, 1.165) is 12.8 Å². The molecule has 0 aromatic rings. The first kappa shape index (κ1) is 15.8. The molecule has 0 saturated carbocycles. The van der Waals surface area contributed by atoms with Crippen molar-refractivity contribution in [3.05, 3.63) is 0 Å². The molecular formula is C12H26O4. The molecule has 0 aliphatic rings. The number of rotatable bonds is 11. The van der Waals surface area contributed by atoms with Crippen LogP contribution in [0, 0.1) is 0 Å². The molecule has 0 fully saturated rings. The van der Waals surface area contributed by atoms with Crippen LogP contribution in [-0.4, -0.2) is 26.3 Å². The molecule has 0 aromatic heterocycles. The van der Waals surface area contributed by atoms with E-state index in [0.29, 0.717) is 19.6 Å². The van der Waals surface area contributed by atoms with E-state index in [2.05, 4.69) is 6.92 Å². The minimum Gasteiger partial charge on any atom is -0.326 e. The molecule has 0 bridgehead atoms. The van der Waals surface area contributed by atoms with Gasteiger partial charge in [-0.1, -0.05) is 26.2 Å². The van der Waals surface area contributed by atoms with Crippen LogP contribution in [0.25, 0.3) is 0 Å². The first-order chi connectivity index (χ1) is 7.74. The molecule has 0 amide bonds. The minimum absolute atomic E-state index is 0.539. The smallest absolute Gasteiger partial charge is 0.312 e. The lowest BCUT2D eigenvalue weighted by molar-refractivity contribution is -0.500. The largest absolute Gasteiger partial charge is 0.326 e. The predicted octanol–water partition coefficient (Wildman–Crippen LogP) is 3.26. The maximum atomic E-state index is 5.52. The van der Waals surface area contributed by atoms with Crippen LogP contribution >= 0.6 is 0 Å². The fraction of sp³-hybridized carbons (Fsp3) is 1.00. The summed E-state index contributed by atoms with van der Waals surface area (Å²) in [6.45, 7) is 7.09. The molecule has 0 heterocycles. The molecule has 16 heavy (non-hydrogen) atoms. The fourth-order valence-electron chi connectivity index (χ4n) is 1.61. The highest BCUT2D eigenvalue weighted by molar-refractivity contribution is 4.57. The molecule has 0 rings (SSSR count). The van der Waals surface area contributed by atoms with Crippen molar-refractivity contribution < 1.29 is 19.2 Å². The van der Waals surface area contributed by atoms with Gasteiger partial charge in [0.25, 0.3) is 0 Å². The molecule has 0 aliphatic carbocycles. The second-order valence-corrected chi connectivity index (χ2v) is 3.61. The van der Waals surface area contributed by atoms with Crippen LogP contribution in [0.2, 0.25) is 0 Å². The van der Waals surface area contributed by atoms with Crippen molar-refractivity contribution in [2.45, 2.75) is 58.8 Å². The zero-order chi connectivity index (χ0) is 12.3. The lowest BCUT2D eigenvalue weighted by Crippen LogP contribution is -2.39. The maximum absolute atomic E-state index is 5.52. The Labute approximate surface area is 99.1 Å². The van der Waals surface area contributed by atoms with Gasteiger partial charge >= 0.3 is 5.97 Å². The standard InChI is InChI=1S/C12H26O4/c1-5-8-9-10-11-12(14-6-2,15-7-3)16-13-4/h5-11H2,1-4H3. The van der Waals surface area contributed by atoms with Gasteiger partial charge in [0, 0.05) is 19.6 Å². The Kier molecular flexibility index (Phi) is 9.92. The van der Waals surface area contributed by atoms with Crippen molar-refractivity contribution in [1.29, 1.82) is 0 Å². The van der Waals surface area contributed by atoms with Crippen molar-refractivity contribution >= 4 is 0 Å². The van der Waals surface area contributed by atoms with Crippen LogP contribution in [-0.2, 0) is 19.2 Å². The van der Waals surface area contributed by atoms with Crippen LogP contribution in [0.15, 0.2) is 0 Å². The third-order valence-electron chi connectivity index (χ3n) is 2.28. The van der Waals surface area contributed by atoms with E-state index >= 15 is 0 Å². The van der Waals surface area contributed by atoms with Gasteiger partial charge in [0.2, 0.25) is 0 Å². The Bertz CT molecular complexity index is 133. The van der Waals surface area contributed by atoms with E-state index in [1.807, 2.05) is 13.8 Å². The van der Waals surface area contributed by atoms with Gasteiger partial charge in [-0.3, -0.25) is 0 Å². The molecule has 0 atom stereocenters. The van der Waals surface area contributed by atoms with E-state index in [1.165, 1.54) is 20.0 Å². The number of hydrogen-bond donors (Lipinski definition) is 0. The van der Waals surface area contributed by atoms with Gasteiger partial charge in [-0.25, -0.2) is 4.89 Å². The summed E-state index contributed by atoms with van der Waals surface area (Å²) in [5, 5.41) is 0. The molecule has 4 heteroatoms. The van der Waals surface area contributed by atoms with Gasteiger partial charge in [-0.2, -0.15) is 4.89 Å². The summed E-state index contributed by atoms with van der Waals surface area (Å²) in [5.41, 5.74) is 0. The fourth-order valence-corrected chi connectivity index (χ4v) is 1.61. The summed E-state index contributed by atoms with van der Waals surface area (Å²) < 4.78 is 11.0. The monoisotopic (exact) mass is 234 g/mol. The Balaban J connectivity index is 4.12. The van der Waals surface area contributed by atoms with Crippen molar-refractivity contribution in [1.82, 2.24) is 0 Å². The molecule has 0 radical (unpaired) electrons. The van der Waals surface area contributed by atoms with Crippen molar-refractivity contribution in [3.63, 3.8) is 0 Å². The predicted molar refractivity (Wildman–Crippen MR) is 62.8 cm³/mol. The lowest BCUT2D eigenvalue weighted by atomic mass is 10.1. The van der Waals surface area contributed by atoms with Crippen molar-refractivity contribution in [2.75, 3.05) is 20.3 Å². The summed E-state index contributed by atoms with van der Waals surface area (Å²) in [6.07, 6.45) is 5.30. The highest BCUT2D eigenvalue weighted by atomic mass is 17.3. The Morgan fingerprint density at radius 3 is 1.94 bits per heavy atom. The Morgan fingerprint density at radius 1 is 0.875 bits per heavy atom. The molecular weight excluding hydrogens is 208 g/mol. The molecule has 0 unspecified atom stereocenters. The van der Waals surface area contributed by atoms with Gasteiger partial charge in [0.15, 0.2) is 0 Å². The molecule has 0 N–H and O–H groups in total. The van der Waals surface area contributed by atoms with Gasteiger partial charge in [-0.05, 0) is 20.3 Å². The topological polar surface area (TPSA) is 36.9 Å². The summed E-state index contributed by atoms with van der Waals surface area (Å²) in [7, 11) is 1.47. The highest BCUT2D eigenvalue weighted by Crippen LogP contribution is 2.23. The molecule has 0 aliphatic heterocycles. The van der Waals surface area contributed by atoms with E-state index < -0.39 is 5.97 Å². The van der Waals surface area contributed by atoms with Gasteiger partial charge in [-0.15, -0.1) is 0 Å². The second-order valence-electron chi connectivity index (χ2n) is 3.61. The first-order valence-corrected chi connectivity index (χ1v) is 6.24. The van der Waals surface area contributed by atoms with Crippen LogP contribution < -0.4 is 0 Å². The Morgan fingerprint density at radius 2 is 1.50 bits per heavy atom. The molecule has 98 valence electrons. The number of unbranched alkanes of at least 4 members (excludes halogenated alkanes) is 3. The highest BCUT2D eigenvalue weighted by Gasteiger charge is 2.33. The quantitative estimate of drug-likeness (QED) is 0.238. The first-order valence-electron chi connectivity index (χ1n) is 6.24. The number of ether oxygens (including phenoxy) is 2. The third kappa shape index (κ3) is 6.43. The summed E-state index contributed by atoms with van der Waals surface area (Å²) in [5.74, 6) is -1.02. The third-order valence-corrected chi connectivity index (χ3v) is 2.28. The van der Waals surface area contributed by atoms with Crippen molar-refractivity contribution in [3.8, 4) is 0 Å². The summed E-state index contributed by atoms with van der Waals surface area (Å²) in [6, 6.07) is 0. The van der Waals surface area contributed by atoms with Gasteiger partial charge in [0.05, 0.1) is 7.11 Å². The normalized spacial score (nSPS) is 12.0. The zero-order valence-corrected chi connectivity index (χ0v) is 11.1. The van der Waals surface area contributed by atoms with Crippen LogP contribution in [0.4, 0.5) is 0 Å². The lowest BCUT2D eigenvalue weighted by Gasteiger charge is -2.30. The van der Waals surface area contributed by atoms with E-state index in [4.69, 9.17) is 19.2 Å². The molecule has 0 spiro atoms. The van der Waals surface area contributed by atoms with E-state index in [9.17, 15) is 0 Å². The average Bonchev–Trinajstić information content (AvgIpc) is 2.26. The maximum Gasteiger partial charge on any atom is 0.312 e. The van der Waals surface area contributed by atoms with Crippen LogP contribution in [0.3, 0.4) is 0 Å². The van der Waals surface area contributed by atoms with Crippen LogP contribution in [0.5, 0.6) is 0 Å². The van der Waals surface area contributed by atoms with Crippen molar-refractivity contribution in [2.24, 2.45) is 0 Å². The molecule has 0 aromatic carbocycles. The van der Waals surface area contributed by atoms with Gasteiger partial charge < -0.3 is 9.47 Å².